The maximum absolute atomic E-state index is 13.8. The summed E-state index contributed by atoms with van der Waals surface area (Å²) in [6.07, 6.45) is 2.47. The summed E-state index contributed by atoms with van der Waals surface area (Å²) in [6.45, 7) is 7.41. The predicted molar refractivity (Wildman–Crippen MR) is 164 cm³/mol. The van der Waals surface area contributed by atoms with Gasteiger partial charge in [0.25, 0.3) is 0 Å². The van der Waals surface area contributed by atoms with Crippen LogP contribution in [0, 0.1) is 5.92 Å². The van der Waals surface area contributed by atoms with Crippen LogP contribution in [0.15, 0.2) is 35.9 Å². The monoisotopic (exact) mass is 634 g/mol. The van der Waals surface area contributed by atoms with E-state index in [2.05, 4.69) is 5.32 Å². The lowest BCUT2D eigenvalue weighted by Crippen LogP contribution is -2.63. The predicted octanol–water partition coefficient (Wildman–Crippen LogP) is 4.47. The van der Waals surface area contributed by atoms with Crippen LogP contribution >= 0.6 is 11.6 Å². The number of esters is 1. The quantitative estimate of drug-likeness (QED) is 0.355. The number of nitrogens with zero attached hydrogens (tertiary/aromatic N) is 1. The lowest BCUT2D eigenvalue weighted by molar-refractivity contribution is -0.153. The Morgan fingerprint density at radius 2 is 2.00 bits per heavy atom. The molecule has 0 radical (unpaired) electrons. The highest BCUT2D eigenvalue weighted by Crippen LogP contribution is 2.49. The minimum Gasteiger partial charge on any atom is -0.495 e. The Balaban J connectivity index is 1.79. The van der Waals surface area contributed by atoms with Gasteiger partial charge in [-0.25, -0.2) is 4.79 Å². The van der Waals surface area contributed by atoms with Gasteiger partial charge in [-0.1, -0.05) is 49.2 Å². The van der Waals surface area contributed by atoms with Crippen LogP contribution in [0.3, 0.4) is 0 Å². The van der Waals surface area contributed by atoms with Crippen molar-refractivity contribution in [1.29, 1.82) is 0 Å². The van der Waals surface area contributed by atoms with E-state index in [4.69, 9.17) is 35.3 Å². The third-order valence-electron chi connectivity index (χ3n) is 8.68. The van der Waals surface area contributed by atoms with Crippen molar-refractivity contribution in [3.05, 3.63) is 46.5 Å². The second-order valence-corrected chi connectivity index (χ2v) is 12.4. The van der Waals surface area contributed by atoms with Crippen molar-refractivity contribution in [2.24, 2.45) is 5.92 Å². The van der Waals surface area contributed by atoms with Gasteiger partial charge in [0, 0.05) is 32.9 Å². The highest BCUT2D eigenvalue weighted by molar-refractivity contribution is 6.35. The van der Waals surface area contributed by atoms with Crippen LogP contribution in [0.5, 0.6) is 5.75 Å². The number of benzene rings is 1. The number of allylic oxidation sites excluding steroid dienone is 3. The number of epoxide rings is 1. The van der Waals surface area contributed by atoms with Crippen molar-refractivity contribution in [2.45, 2.75) is 95.5 Å². The Hall–Kier alpha value is -3.12. The average Bonchev–Trinajstić information content (AvgIpc) is 3.66. The van der Waals surface area contributed by atoms with Gasteiger partial charge in [0.05, 0.1) is 25.3 Å². The zero-order valence-electron chi connectivity index (χ0n) is 26.3. The number of ether oxygens (including phenoxy) is 5. The first-order chi connectivity index (χ1) is 20.8. The lowest BCUT2D eigenvalue weighted by atomic mass is 9.83. The van der Waals surface area contributed by atoms with Gasteiger partial charge in [0.2, 0.25) is 5.91 Å². The van der Waals surface area contributed by atoms with E-state index >= 15 is 0 Å². The SMILES string of the molecule is CCCC(=O)OC1CC(=O)N(C)c2cc(cc(OC)c2Cl)CC(C)=CC=CC(OC)C2(O)CC(OC(=O)N2)C(C)C2OC12C. The van der Waals surface area contributed by atoms with Gasteiger partial charge in [0.15, 0.2) is 5.72 Å². The highest BCUT2D eigenvalue weighted by atomic mass is 35.5. The molecule has 0 spiro atoms. The van der Waals surface area contributed by atoms with E-state index in [1.54, 1.807) is 26.1 Å². The van der Waals surface area contributed by atoms with Crippen molar-refractivity contribution in [3.8, 4) is 5.75 Å². The highest BCUT2D eigenvalue weighted by Gasteiger charge is 2.64. The first-order valence-electron chi connectivity index (χ1n) is 14.8. The molecule has 2 amide bonds. The number of aliphatic hydroxyl groups is 1. The number of carbonyl (C=O) groups is 3. The van der Waals surface area contributed by atoms with Gasteiger partial charge >= 0.3 is 12.1 Å². The van der Waals surface area contributed by atoms with E-state index < -0.39 is 53.7 Å². The van der Waals surface area contributed by atoms with Crippen molar-refractivity contribution in [1.82, 2.24) is 5.32 Å². The number of methoxy groups -OCH3 is 2. The summed E-state index contributed by atoms with van der Waals surface area (Å²) in [7, 11) is 4.57. The normalized spacial score (nSPS) is 32.6. The average molecular weight is 635 g/mol. The van der Waals surface area contributed by atoms with Crippen LogP contribution in [-0.2, 0) is 35.0 Å². The topological polar surface area (TPSA) is 136 Å². The molecule has 7 atom stereocenters. The number of carbonyl (C=O) groups excluding carboxylic acids is 3. The number of hydrogen-bond acceptors (Lipinski definition) is 9. The van der Waals surface area contributed by atoms with Crippen LogP contribution in [0.4, 0.5) is 10.5 Å². The molecule has 3 aliphatic rings. The minimum atomic E-state index is -1.76. The van der Waals surface area contributed by atoms with Crippen LogP contribution in [0.1, 0.15) is 58.9 Å². The summed E-state index contributed by atoms with van der Waals surface area (Å²) >= 11 is 6.68. The van der Waals surface area contributed by atoms with Crippen molar-refractivity contribution < 1.29 is 43.2 Å². The molecule has 1 aromatic rings. The van der Waals surface area contributed by atoms with Gasteiger partial charge in [-0.15, -0.1) is 0 Å². The van der Waals surface area contributed by atoms with E-state index in [0.29, 0.717) is 24.3 Å². The molecule has 7 unspecified atom stereocenters. The van der Waals surface area contributed by atoms with E-state index in [-0.39, 0.29) is 30.2 Å². The molecule has 0 aliphatic carbocycles. The fourth-order valence-corrected chi connectivity index (χ4v) is 6.34. The van der Waals surface area contributed by atoms with Gasteiger partial charge in [0.1, 0.15) is 34.7 Å². The molecular weight excluding hydrogens is 592 g/mol. The van der Waals surface area contributed by atoms with Crippen molar-refractivity contribution >= 4 is 35.3 Å². The molecule has 4 bridgehead atoms. The van der Waals surface area contributed by atoms with Crippen molar-refractivity contribution in [2.75, 3.05) is 26.2 Å². The Morgan fingerprint density at radius 1 is 1.27 bits per heavy atom. The Labute approximate surface area is 263 Å². The molecule has 0 saturated carbocycles. The minimum absolute atomic E-state index is 0.00742. The number of fused-ring (bicyclic) bond motifs is 5. The molecule has 4 rings (SSSR count). The number of anilines is 1. The number of halogens is 1. The van der Waals surface area contributed by atoms with E-state index in [1.807, 2.05) is 39.0 Å². The number of alkyl carbamates (subject to hydrolysis) is 1. The molecule has 1 aromatic carbocycles. The zero-order chi connectivity index (χ0) is 32.4. The van der Waals surface area contributed by atoms with E-state index in [1.165, 1.54) is 19.1 Å². The molecule has 44 heavy (non-hydrogen) atoms. The van der Waals surface area contributed by atoms with Crippen molar-refractivity contribution in [3.63, 3.8) is 0 Å². The van der Waals surface area contributed by atoms with E-state index in [0.717, 1.165) is 11.1 Å². The van der Waals surface area contributed by atoms with Crippen LogP contribution in [-0.4, -0.2) is 80.1 Å². The summed E-state index contributed by atoms with van der Waals surface area (Å²) in [6, 6.07) is 3.64. The Morgan fingerprint density at radius 3 is 2.66 bits per heavy atom. The summed E-state index contributed by atoms with van der Waals surface area (Å²) in [5, 5.41) is 14.4. The number of amides is 2. The first kappa shape index (κ1) is 33.8. The summed E-state index contributed by atoms with van der Waals surface area (Å²) in [5.74, 6) is -0.813. The molecule has 2 fully saturated rings. The molecule has 242 valence electrons. The van der Waals surface area contributed by atoms with Gasteiger partial charge in [-0.3, -0.25) is 14.9 Å². The molecule has 2 saturated heterocycles. The molecule has 12 heteroatoms. The Kier molecular flexibility index (Phi) is 10.3. The second kappa shape index (κ2) is 13.5. The number of hydrogen-bond donors (Lipinski definition) is 2. The fraction of sp³-hybridized carbons (Fsp3) is 0.594. The third-order valence-corrected chi connectivity index (χ3v) is 9.06. The standard InChI is InChI=1S/C32H43ClN2O9/c1-8-10-27(37)43-25-16-26(36)35(5)21-14-20(15-22(40-6)28(21)33)13-18(2)11-9-12-24(41-7)32(39)17-23(42-30(38)34-32)19(3)29-31(25,4)44-29/h9,11-12,14-15,19,23-25,29,39H,8,10,13,16-17H2,1-7H3,(H,34,38). The van der Waals surface area contributed by atoms with Crippen LogP contribution in [0.2, 0.25) is 5.02 Å². The van der Waals surface area contributed by atoms with Gasteiger partial charge in [-0.2, -0.15) is 0 Å². The largest absolute Gasteiger partial charge is 0.495 e. The van der Waals surface area contributed by atoms with E-state index in [9.17, 15) is 19.5 Å². The summed E-state index contributed by atoms with van der Waals surface area (Å²) in [5.41, 5.74) is -0.561. The molecule has 0 aromatic heterocycles. The molecule has 11 nitrogen and oxygen atoms in total. The molecule has 3 aliphatic heterocycles. The van der Waals surface area contributed by atoms with Crippen LogP contribution < -0.4 is 15.0 Å². The maximum atomic E-state index is 13.8. The summed E-state index contributed by atoms with van der Waals surface area (Å²) in [4.78, 5) is 40.6. The fourth-order valence-electron chi connectivity index (χ4n) is 6.03. The molecule has 2 N–H and O–H groups in total. The Bertz CT molecular complexity index is 1330. The number of nitrogens with one attached hydrogen (secondary N) is 1. The number of rotatable bonds is 5. The third kappa shape index (κ3) is 7.06. The maximum Gasteiger partial charge on any atom is 0.409 e. The van der Waals surface area contributed by atoms with Gasteiger partial charge in [-0.05, 0) is 44.4 Å². The van der Waals surface area contributed by atoms with Crippen LogP contribution in [0.25, 0.3) is 0 Å². The lowest BCUT2D eigenvalue weighted by Gasteiger charge is -2.42. The molecular formula is C32H43ClN2O9. The first-order valence-corrected chi connectivity index (χ1v) is 15.2. The zero-order valence-corrected chi connectivity index (χ0v) is 27.1. The van der Waals surface area contributed by atoms with Gasteiger partial charge < -0.3 is 33.7 Å². The smallest absolute Gasteiger partial charge is 0.409 e. The summed E-state index contributed by atoms with van der Waals surface area (Å²) < 4.78 is 28.8. The molecule has 3 heterocycles. The second-order valence-electron chi connectivity index (χ2n) is 12.0.